The molecule has 3 rings (SSSR count). The van der Waals surface area contributed by atoms with E-state index in [9.17, 15) is 13.2 Å². The van der Waals surface area contributed by atoms with Gasteiger partial charge in [-0.15, -0.1) is 0 Å². The van der Waals surface area contributed by atoms with Crippen molar-refractivity contribution >= 4 is 21.7 Å². The minimum Gasteiger partial charge on any atom is -0.294 e. The van der Waals surface area contributed by atoms with Gasteiger partial charge in [0, 0.05) is 11.8 Å². The topological polar surface area (TPSA) is 51.2 Å². The normalized spacial score (nSPS) is 31.9. The van der Waals surface area contributed by atoms with E-state index >= 15 is 0 Å². The lowest BCUT2D eigenvalue weighted by Crippen LogP contribution is -2.42. The van der Waals surface area contributed by atoms with Crippen LogP contribution in [0, 0.1) is 16.7 Å². The zero-order valence-electron chi connectivity index (χ0n) is 13.3. The highest BCUT2D eigenvalue weighted by Gasteiger charge is 2.67. The molecule has 118 valence electrons. The van der Waals surface area contributed by atoms with Gasteiger partial charge in [0.05, 0.1) is 11.2 Å². The quantitative estimate of drug-likeness (QED) is 0.805. The lowest BCUT2D eigenvalue weighted by Gasteiger charge is -2.35. The molecule has 4 heteroatoms. The van der Waals surface area contributed by atoms with Crippen molar-refractivity contribution in [3.8, 4) is 0 Å². The highest BCUT2D eigenvalue weighted by molar-refractivity contribution is 7.90. The van der Waals surface area contributed by atoms with Crippen LogP contribution in [-0.2, 0) is 14.6 Å². The lowest BCUT2D eigenvalue weighted by atomic mass is 9.70. The van der Waals surface area contributed by atoms with Crippen molar-refractivity contribution in [2.75, 3.05) is 12.0 Å². The SMILES string of the molecule is CC1(C)C2CCC1(CS(C)(=O)=O)C(=O)/C2=C/c1ccccc1. The molecule has 22 heavy (non-hydrogen) atoms. The van der Waals surface area contributed by atoms with Crippen LogP contribution in [0.25, 0.3) is 6.08 Å². The maximum Gasteiger partial charge on any atom is 0.166 e. The Morgan fingerprint density at radius 2 is 1.86 bits per heavy atom. The van der Waals surface area contributed by atoms with E-state index in [2.05, 4.69) is 13.8 Å². The molecule has 2 unspecified atom stereocenters. The number of carbonyl (C=O) groups excluding carboxylic acids is 1. The molecule has 0 N–H and O–H groups in total. The predicted octanol–water partition coefficient (Wildman–Crippen LogP) is 3.12. The second-order valence-electron chi connectivity index (χ2n) is 7.30. The lowest BCUT2D eigenvalue weighted by molar-refractivity contribution is -0.125. The summed E-state index contributed by atoms with van der Waals surface area (Å²) >= 11 is 0. The Balaban J connectivity index is 2.09. The molecule has 0 amide bonds. The van der Waals surface area contributed by atoms with Crippen molar-refractivity contribution < 1.29 is 13.2 Å². The Labute approximate surface area is 132 Å². The molecule has 2 saturated carbocycles. The molecular formula is C18H22O3S. The van der Waals surface area contributed by atoms with Crippen LogP contribution in [0.3, 0.4) is 0 Å². The first-order chi connectivity index (χ1) is 10.2. The third-order valence-corrected chi connectivity index (χ3v) is 6.68. The van der Waals surface area contributed by atoms with E-state index in [1.165, 1.54) is 6.26 Å². The van der Waals surface area contributed by atoms with Crippen LogP contribution >= 0.6 is 0 Å². The number of benzene rings is 1. The van der Waals surface area contributed by atoms with Gasteiger partial charge in [-0.05, 0) is 35.8 Å². The first kappa shape index (κ1) is 15.5. The van der Waals surface area contributed by atoms with Gasteiger partial charge in [0.1, 0.15) is 9.84 Å². The molecule has 0 spiro atoms. The average Bonchev–Trinajstić information content (AvgIpc) is 2.73. The number of carbonyl (C=O) groups is 1. The maximum absolute atomic E-state index is 13.1. The standard InChI is InChI=1S/C18H22O3S/c1-17(2)15-9-10-18(17,12-22(3,20)21)16(19)14(15)11-13-7-5-4-6-8-13/h4-8,11,15H,9-10,12H2,1-3H3/b14-11+. The number of rotatable bonds is 3. The van der Waals surface area contributed by atoms with Crippen molar-refractivity contribution in [3.05, 3.63) is 41.5 Å². The third kappa shape index (κ3) is 2.16. The number of hydrogen-bond donors (Lipinski definition) is 0. The number of fused-ring (bicyclic) bond motifs is 2. The molecule has 2 atom stereocenters. The molecule has 0 saturated heterocycles. The summed E-state index contributed by atoms with van der Waals surface area (Å²) in [6, 6.07) is 9.79. The van der Waals surface area contributed by atoms with Crippen molar-refractivity contribution in [2.24, 2.45) is 16.7 Å². The summed E-state index contributed by atoms with van der Waals surface area (Å²) in [5.41, 5.74) is 0.773. The van der Waals surface area contributed by atoms with E-state index in [1.807, 2.05) is 36.4 Å². The Bertz CT molecular complexity index is 744. The average molecular weight is 318 g/mol. The van der Waals surface area contributed by atoms with Crippen molar-refractivity contribution in [1.82, 2.24) is 0 Å². The number of ketones is 1. The molecule has 2 aliphatic rings. The summed E-state index contributed by atoms with van der Waals surface area (Å²) in [7, 11) is -3.20. The fourth-order valence-corrected chi connectivity index (χ4v) is 6.00. The van der Waals surface area contributed by atoms with Crippen LogP contribution in [0.5, 0.6) is 0 Å². The van der Waals surface area contributed by atoms with E-state index < -0.39 is 15.3 Å². The largest absolute Gasteiger partial charge is 0.294 e. The molecule has 2 fully saturated rings. The smallest absolute Gasteiger partial charge is 0.166 e. The van der Waals surface area contributed by atoms with Crippen LogP contribution in [0.1, 0.15) is 32.3 Å². The molecule has 0 heterocycles. The van der Waals surface area contributed by atoms with Gasteiger partial charge in [0.2, 0.25) is 0 Å². The van der Waals surface area contributed by atoms with E-state index in [4.69, 9.17) is 0 Å². The minimum atomic E-state index is -3.20. The number of Topliss-reactive ketones (excluding diaryl/α,β-unsaturated/α-hetero) is 1. The predicted molar refractivity (Wildman–Crippen MR) is 88.1 cm³/mol. The highest BCUT2D eigenvalue weighted by atomic mass is 32.2. The van der Waals surface area contributed by atoms with Gasteiger partial charge >= 0.3 is 0 Å². The van der Waals surface area contributed by atoms with E-state index in [0.29, 0.717) is 6.42 Å². The molecule has 2 aliphatic carbocycles. The van der Waals surface area contributed by atoms with Crippen LogP contribution in [0.2, 0.25) is 0 Å². The first-order valence-electron chi connectivity index (χ1n) is 7.67. The summed E-state index contributed by atoms with van der Waals surface area (Å²) < 4.78 is 23.8. The molecule has 0 aromatic heterocycles. The van der Waals surface area contributed by atoms with Gasteiger partial charge in [-0.3, -0.25) is 4.79 Å². The summed E-state index contributed by atoms with van der Waals surface area (Å²) in [6.45, 7) is 4.11. The first-order valence-corrected chi connectivity index (χ1v) is 9.73. The maximum atomic E-state index is 13.1. The second-order valence-corrected chi connectivity index (χ2v) is 9.44. The Kier molecular flexibility index (Phi) is 3.37. The summed E-state index contributed by atoms with van der Waals surface area (Å²) in [4.78, 5) is 13.1. The summed E-state index contributed by atoms with van der Waals surface area (Å²) in [5.74, 6) is 0.166. The van der Waals surface area contributed by atoms with Gasteiger partial charge in [-0.2, -0.15) is 0 Å². The van der Waals surface area contributed by atoms with Crippen LogP contribution in [-0.4, -0.2) is 26.2 Å². The Morgan fingerprint density at radius 3 is 2.45 bits per heavy atom. The van der Waals surface area contributed by atoms with Crippen LogP contribution < -0.4 is 0 Å². The molecule has 2 bridgehead atoms. The van der Waals surface area contributed by atoms with Crippen molar-refractivity contribution in [2.45, 2.75) is 26.7 Å². The van der Waals surface area contributed by atoms with Gasteiger partial charge in [0.15, 0.2) is 5.78 Å². The van der Waals surface area contributed by atoms with Gasteiger partial charge < -0.3 is 0 Å². The van der Waals surface area contributed by atoms with Crippen LogP contribution in [0.15, 0.2) is 35.9 Å². The van der Waals surface area contributed by atoms with Crippen molar-refractivity contribution in [3.63, 3.8) is 0 Å². The van der Waals surface area contributed by atoms with Crippen LogP contribution in [0.4, 0.5) is 0 Å². The zero-order valence-corrected chi connectivity index (χ0v) is 14.1. The van der Waals surface area contributed by atoms with Gasteiger partial charge in [-0.25, -0.2) is 8.42 Å². The summed E-state index contributed by atoms with van der Waals surface area (Å²) in [5, 5.41) is 0. The molecule has 3 nitrogen and oxygen atoms in total. The second kappa shape index (κ2) is 4.79. The van der Waals surface area contributed by atoms with Gasteiger partial charge in [0.25, 0.3) is 0 Å². The van der Waals surface area contributed by atoms with Crippen molar-refractivity contribution in [1.29, 1.82) is 0 Å². The number of sulfone groups is 1. The fourth-order valence-electron chi connectivity index (χ4n) is 4.46. The highest BCUT2D eigenvalue weighted by Crippen LogP contribution is 2.66. The fraction of sp³-hybridized carbons (Fsp3) is 0.500. The zero-order chi connectivity index (χ0) is 16.2. The number of hydrogen-bond acceptors (Lipinski definition) is 3. The van der Waals surface area contributed by atoms with E-state index in [1.54, 1.807) is 0 Å². The molecule has 0 aliphatic heterocycles. The molecule has 0 radical (unpaired) electrons. The molecule has 1 aromatic rings. The molecular weight excluding hydrogens is 296 g/mol. The van der Waals surface area contributed by atoms with E-state index in [0.717, 1.165) is 17.6 Å². The monoisotopic (exact) mass is 318 g/mol. The Hall–Kier alpha value is -1.42. The number of allylic oxidation sites excluding steroid dienone is 1. The third-order valence-electron chi connectivity index (χ3n) is 5.67. The Morgan fingerprint density at radius 1 is 1.23 bits per heavy atom. The summed E-state index contributed by atoms with van der Waals surface area (Å²) in [6.07, 6.45) is 4.77. The molecule has 1 aromatic carbocycles. The van der Waals surface area contributed by atoms with E-state index in [-0.39, 0.29) is 22.9 Å². The van der Waals surface area contributed by atoms with Gasteiger partial charge in [-0.1, -0.05) is 44.2 Å². The minimum absolute atomic E-state index is 0.0333.